The van der Waals surface area contributed by atoms with Gasteiger partial charge in [-0.15, -0.1) is 0 Å². The van der Waals surface area contributed by atoms with Gasteiger partial charge in [0, 0.05) is 11.4 Å². The average molecular weight is 477 g/mol. The molecule has 0 radical (unpaired) electrons. The Hall–Kier alpha value is -2.47. The average Bonchev–Trinajstić information content (AvgIpc) is 2.80. The van der Waals surface area contributed by atoms with Crippen molar-refractivity contribution >= 4 is 33.2 Å². The van der Waals surface area contributed by atoms with Crippen LogP contribution in [-0.2, 0) is 15.8 Å². The number of nitriles is 1. The number of hydrogen-bond acceptors (Lipinski definition) is 6. The number of methoxy groups -OCH3 is 1. The molecular weight excluding hydrogens is 450 g/mol. The Morgan fingerprint density at radius 2 is 1.88 bits per heavy atom. The van der Waals surface area contributed by atoms with E-state index in [9.17, 15) is 18.5 Å². The topological polar surface area (TPSA) is 97.1 Å². The first-order chi connectivity index (χ1) is 15.3. The van der Waals surface area contributed by atoms with E-state index >= 15 is 0 Å². The molecular formula is C23H27ClN3O4S+. The summed E-state index contributed by atoms with van der Waals surface area (Å²) in [7, 11) is -2.43. The maximum atomic E-state index is 13.8. The van der Waals surface area contributed by atoms with E-state index in [4.69, 9.17) is 16.3 Å². The summed E-state index contributed by atoms with van der Waals surface area (Å²) in [6, 6.07) is 10.2. The highest BCUT2D eigenvalue weighted by Crippen LogP contribution is 2.38. The van der Waals surface area contributed by atoms with Crippen molar-refractivity contribution in [3.8, 4) is 11.9 Å². The molecule has 1 saturated heterocycles. The third kappa shape index (κ3) is 4.65. The van der Waals surface area contributed by atoms with Crippen molar-refractivity contribution in [3.63, 3.8) is 0 Å². The lowest BCUT2D eigenvalue weighted by Crippen LogP contribution is -2.58. The first-order valence-electron chi connectivity index (χ1n) is 10.6. The zero-order chi connectivity index (χ0) is 23.4. The second kappa shape index (κ2) is 9.99. The third-order valence-electron chi connectivity index (χ3n) is 5.78. The molecule has 0 bridgehead atoms. The van der Waals surface area contributed by atoms with Crippen molar-refractivity contribution in [2.45, 2.75) is 44.8 Å². The second-order valence-corrected chi connectivity index (χ2v) is 10.5. The fourth-order valence-corrected chi connectivity index (χ4v) is 6.36. The second-order valence-electron chi connectivity index (χ2n) is 7.95. The zero-order valence-corrected chi connectivity index (χ0v) is 19.9. The third-order valence-corrected chi connectivity index (χ3v) is 8.33. The van der Waals surface area contributed by atoms with Crippen LogP contribution in [0.15, 0.2) is 30.3 Å². The van der Waals surface area contributed by atoms with Gasteiger partial charge in [0.2, 0.25) is 5.88 Å². The largest absolute Gasteiger partial charge is 0.480 e. The van der Waals surface area contributed by atoms with E-state index in [0.29, 0.717) is 42.9 Å². The number of nitrogens with zero attached hydrogens (tertiary/aromatic N) is 3. The van der Waals surface area contributed by atoms with Gasteiger partial charge in [-0.2, -0.15) is 22.6 Å². The van der Waals surface area contributed by atoms with Crippen molar-refractivity contribution in [1.82, 2.24) is 8.87 Å². The molecule has 0 atom stereocenters. The van der Waals surface area contributed by atoms with Crippen LogP contribution in [0.5, 0.6) is 5.88 Å². The van der Waals surface area contributed by atoms with Crippen molar-refractivity contribution < 1.29 is 17.9 Å². The van der Waals surface area contributed by atoms with E-state index in [0.717, 1.165) is 6.42 Å². The quantitative estimate of drug-likeness (QED) is 0.407. The number of hydrogen-bond donors (Lipinski definition) is 0. The highest BCUT2D eigenvalue weighted by atomic mass is 35.5. The number of carbonyl (C=O) groups excluding carboxylic acids is 1. The normalized spacial score (nSPS) is 15.7. The molecule has 1 aromatic carbocycles. The van der Waals surface area contributed by atoms with Gasteiger partial charge in [0.1, 0.15) is 17.4 Å². The number of aromatic nitrogens is 1. The molecule has 2 heterocycles. The highest BCUT2D eigenvalue weighted by molar-refractivity contribution is 7.90. The number of Topliss-reactive ketones (excluding diaryl/α,β-unsaturated/α-hetero) is 1. The minimum Gasteiger partial charge on any atom is -0.480 e. The van der Waals surface area contributed by atoms with E-state index in [1.165, 1.54) is 13.2 Å². The van der Waals surface area contributed by atoms with Gasteiger partial charge < -0.3 is 4.74 Å². The fraction of sp³-hybridized carbons (Fsp3) is 0.435. The lowest BCUT2D eigenvalue weighted by molar-refractivity contribution is 0.0978. The molecule has 1 aliphatic heterocycles. The van der Waals surface area contributed by atoms with Gasteiger partial charge in [0.25, 0.3) is 5.82 Å². The summed E-state index contributed by atoms with van der Waals surface area (Å²) in [4.78, 5) is 17.1. The molecule has 0 spiro atoms. The summed E-state index contributed by atoms with van der Waals surface area (Å²) in [5.41, 5.74) is 0.907. The highest BCUT2D eigenvalue weighted by Gasteiger charge is 2.48. The van der Waals surface area contributed by atoms with Crippen LogP contribution in [0, 0.1) is 11.3 Å². The smallest absolute Gasteiger partial charge is 0.307 e. The van der Waals surface area contributed by atoms with Crippen molar-refractivity contribution in [2.75, 3.05) is 20.2 Å². The van der Waals surface area contributed by atoms with Gasteiger partial charge in [-0.05, 0) is 49.4 Å². The van der Waals surface area contributed by atoms with E-state index in [2.05, 4.69) is 11.1 Å². The predicted octanol–water partition coefficient (Wildman–Crippen LogP) is 4.62. The molecule has 2 aromatic rings. The number of quaternary nitrogens is 1. The summed E-state index contributed by atoms with van der Waals surface area (Å²) in [5.74, 6) is -0.211. The number of ketones is 1. The summed E-state index contributed by atoms with van der Waals surface area (Å²) in [5, 5.41) is 10.4. The summed E-state index contributed by atoms with van der Waals surface area (Å²) in [6.07, 6.45) is 3.21. The van der Waals surface area contributed by atoms with Crippen LogP contribution in [0.3, 0.4) is 0 Å². The van der Waals surface area contributed by atoms with Gasteiger partial charge in [-0.3, -0.25) is 4.79 Å². The summed E-state index contributed by atoms with van der Waals surface area (Å²) >= 11 is 5.95. The molecule has 0 aliphatic carbocycles. The van der Waals surface area contributed by atoms with Crippen LogP contribution in [0.4, 0.5) is 5.82 Å². The molecule has 1 fully saturated rings. The first kappa shape index (κ1) is 24.2. The maximum Gasteiger partial charge on any atom is 0.307 e. The SMILES string of the molecule is CCCC(=O)c1cc(C#N)c([N+]2(S(=O)(=O)Cc3ccc(Cl)cc3)CCCCC2)nc1OC. The molecule has 3 rings (SSSR count). The van der Waals surface area contributed by atoms with Crippen LogP contribution in [0.25, 0.3) is 0 Å². The van der Waals surface area contributed by atoms with Crippen LogP contribution >= 0.6 is 11.6 Å². The van der Waals surface area contributed by atoms with Gasteiger partial charge >= 0.3 is 10.0 Å². The number of rotatable bonds is 8. The molecule has 9 heteroatoms. The van der Waals surface area contributed by atoms with Crippen LogP contribution in [-0.4, -0.2) is 39.4 Å². The Bertz CT molecular complexity index is 1140. The number of piperidine rings is 1. The fourth-order valence-electron chi connectivity index (χ4n) is 4.16. The Balaban J connectivity index is 2.17. The molecule has 0 amide bonds. The van der Waals surface area contributed by atoms with Crippen LogP contribution in [0.1, 0.15) is 60.5 Å². The van der Waals surface area contributed by atoms with Crippen molar-refractivity contribution in [1.29, 1.82) is 5.26 Å². The molecule has 0 N–H and O–H groups in total. The minimum atomic E-state index is -3.82. The van der Waals surface area contributed by atoms with Crippen molar-refractivity contribution in [3.05, 3.63) is 52.0 Å². The Morgan fingerprint density at radius 1 is 1.22 bits per heavy atom. The number of benzene rings is 1. The van der Waals surface area contributed by atoms with Gasteiger partial charge in [-0.1, -0.05) is 30.7 Å². The Morgan fingerprint density at radius 3 is 2.44 bits per heavy atom. The number of halogens is 1. The zero-order valence-electron chi connectivity index (χ0n) is 18.3. The monoisotopic (exact) mass is 476 g/mol. The lowest BCUT2D eigenvalue weighted by atomic mass is 10.0. The van der Waals surface area contributed by atoms with Crippen molar-refractivity contribution in [2.24, 2.45) is 0 Å². The Labute approximate surface area is 194 Å². The Kier molecular flexibility index (Phi) is 7.55. The molecule has 0 saturated carbocycles. The number of pyridine rings is 1. The maximum absolute atomic E-state index is 13.8. The molecule has 170 valence electrons. The van der Waals surface area contributed by atoms with Gasteiger partial charge in [-0.25, -0.2) is 0 Å². The standard InChI is InChI=1S/C23H27ClN3O4S/c1-3-7-21(28)20-14-18(15-25)22(26-23(20)31-2)27(12-5-4-6-13-27)32(29,30)16-17-8-10-19(24)11-9-17/h8-11,14H,3-7,12-13,16H2,1-2H3/q+1. The van der Waals surface area contributed by atoms with Crippen LogP contribution in [0.2, 0.25) is 5.02 Å². The predicted molar refractivity (Wildman–Crippen MR) is 124 cm³/mol. The number of carbonyl (C=O) groups is 1. The van der Waals surface area contributed by atoms with Gasteiger partial charge in [0.15, 0.2) is 5.78 Å². The summed E-state index contributed by atoms with van der Waals surface area (Å²) in [6.45, 7) is 2.50. The molecule has 32 heavy (non-hydrogen) atoms. The summed E-state index contributed by atoms with van der Waals surface area (Å²) < 4.78 is 32.6. The number of ether oxygens (including phenoxy) is 1. The van der Waals surface area contributed by atoms with E-state index in [1.807, 2.05) is 6.92 Å². The van der Waals surface area contributed by atoms with E-state index in [-0.39, 0.29) is 40.8 Å². The molecule has 7 nitrogen and oxygen atoms in total. The van der Waals surface area contributed by atoms with Crippen LogP contribution < -0.4 is 8.63 Å². The lowest BCUT2D eigenvalue weighted by Gasteiger charge is -2.38. The van der Waals surface area contributed by atoms with E-state index in [1.54, 1.807) is 24.3 Å². The van der Waals surface area contributed by atoms with E-state index < -0.39 is 13.9 Å². The molecule has 0 unspecified atom stereocenters. The first-order valence-corrected chi connectivity index (χ1v) is 12.6. The van der Waals surface area contributed by atoms with Gasteiger partial charge in [0.05, 0.1) is 25.8 Å². The number of sulfonamides is 1. The molecule has 1 aliphatic rings. The minimum absolute atomic E-state index is 0.0576. The molecule has 1 aromatic heterocycles.